The highest BCUT2D eigenvalue weighted by Gasteiger charge is 2.24. The Morgan fingerprint density at radius 2 is 2.06 bits per heavy atom. The Morgan fingerprint density at radius 3 is 2.67 bits per heavy atom. The van der Waals surface area contributed by atoms with Crippen molar-refractivity contribution >= 4 is 28.5 Å². The molecule has 96 valence electrons. The minimum Gasteiger partial charge on any atom is -0.478 e. The topological polar surface area (TPSA) is 99.1 Å². The monoisotopic (exact) mass is 270 g/mol. The first-order valence-electron chi connectivity index (χ1n) is 5.03. The maximum Gasteiger partial charge on any atom is 0.490 e. The van der Waals surface area contributed by atoms with Crippen molar-refractivity contribution in [2.75, 3.05) is 11.5 Å². The molecule has 0 bridgehead atoms. The highest BCUT2D eigenvalue weighted by Crippen LogP contribution is 2.13. The Morgan fingerprint density at radius 1 is 1.33 bits per heavy atom. The Labute approximate surface area is 105 Å². The van der Waals surface area contributed by atoms with Crippen LogP contribution in [0.5, 0.6) is 0 Å². The van der Waals surface area contributed by atoms with Crippen LogP contribution in [-0.2, 0) is 14.9 Å². The number of nitrogens with zero attached hydrogens (tertiary/aromatic N) is 1. The van der Waals surface area contributed by atoms with E-state index in [4.69, 9.17) is 14.8 Å². The Hall–Kier alpha value is -1.71. The van der Waals surface area contributed by atoms with Gasteiger partial charge in [-0.05, 0) is 6.07 Å². The molecule has 0 spiro atoms. The van der Waals surface area contributed by atoms with Gasteiger partial charge in [-0.2, -0.15) is 8.42 Å². The molecule has 0 aliphatic carbocycles. The molecular weight excluding hydrogens is 259 g/mol. The molecule has 2 rings (SSSR count). The fourth-order valence-corrected chi connectivity index (χ4v) is 2.42. The van der Waals surface area contributed by atoms with Crippen LogP contribution in [0, 0.1) is 0 Å². The van der Waals surface area contributed by atoms with Gasteiger partial charge in [-0.25, -0.2) is 4.31 Å². The van der Waals surface area contributed by atoms with Crippen molar-refractivity contribution in [3.05, 3.63) is 36.7 Å². The second kappa shape index (κ2) is 4.88. The lowest BCUT2D eigenvalue weighted by atomic mass is 9.79. The molecule has 0 aromatic heterocycles. The van der Waals surface area contributed by atoms with E-state index in [9.17, 15) is 8.42 Å². The quantitative estimate of drug-likeness (QED) is 0.596. The molecule has 0 saturated heterocycles. The van der Waals surface area contributed by atoms with Crippen LogP contribution in [0.1, 0.15) is 0 Å². The van der Waals surface area contributed by atoms with E-state index in [1.807, 2.05) is 0 Å². The molecule has 1 aliphatic rings. The van der Waals surface area contributed by atoms with Crippen LogP contribution >= 0.6 is 0 Å². The molecule has 9 heteroatoms. The van der Waals surface area contributed by atoms with Crippen LogP contribution in [0.4, 0.5) is 5.69 Å². The van der Waals surface area contributed by atoms with Gasteiger partial charge in [-0.1, -0.05) is 18.2 Å². The largest absolute Gasteiger partial charge is 0.490 e. The van der Waals surface area contributed by atoms with Crippen molar-refractivity contribution in [3.63, 3.8) is 0 Å². The summed E-state index contributed by atoms with van der Waals surface area (Å²) < 4.78 is 31.8. The van der Waals surface area contributed by atoms with Crippen molar-refractivity contribution in [3.8, 4) is 0 Å². The second-order valence-electron chi connectivity index (χ2n) is 3.54. The summed E-state index contributed by atoms with van der Waals surface area (Å²) in [5.41, 5.74) is 0.179. The Bertz CT molecular complexity index is 560. The van der Waals surface area contributed by atoms with Gasteiger partial charge in [0, 0.05) is 11.2 Å². The second-order valence-corrected chi connectivity index (χ2v) is 5.16. The molecule has 7 nitrogen and oxygen atoms in total. The van der Waals surface area contributed by atoms with Crippen LogP contribution in [0.2, 0.25) is 0 Å². The molecule has 1 heterocycles. The van der Waals surface area contributed by atoms with Gasteiger partial charge in [-0.15, -0.1) is 0 Å². The van der Waals surface area contributed by atoms with Gasteiger partial charge in [-0.3, -0.25) is 4.72 Å². The van der Waals surface area contributed by atoms with Gasteiger partial charge in [0.05, 0.1) is 6.20 Å². The number of nitrogens with one attached hydrogen (secondary N) is 1. The van der Waals surface area contributed by atoms with Gasteiger partial charge >= 0.3 is 17.3 Å². The van der Waals surface area contributed by atoms with Crippen LogP contribution in [-0.4, -0.2) is 36.6 Å². The van der Waals surface area contributed by atoms with E-state index in [1.165, 1.54) is 24.6 Å². The standard InChI is InChI=1S/C9H11BN2O5S/c13-10(14)8-3-1-2-4-9(8)11-18(15,16)12-5-6-17-7-12/h1-6,11,13-14H,7H2. The Kier molecular flexibility index (Phi) is 3.46. The van der Waals surface area contributed by atoms with Gasteiger partial charge in [0.15, 0.2) is 6.73 Å². The summed E-state index contributed by atoms with van der Waals surface area (Å²) in [7, 11) is -5.58. The predicted molar refractivity (Wildman–Crippen MR) is 65.7 cm³/mol. The van der Waals surface area contributed by atoms with E-state index in [2.05, 4.69) is 4.72 Å². The van der Waals surface area contributed by atoms with Crippen LogP contribution in [0.3, 0.4) is 0 Å². The summed E-state index contributed by atoms with van der Waals surface area (Å²) in [5, 5.41) is 18.3. The SMILES string of the molecule is O=S(=O)(Nc1ccccc1B(O)O)N1C=COC1. The van der Waals surface area contributed by atoms with Crippen molar-refractivity contribution < 1.29 is 23.2 Å². The molecule has 0 unspecified atom stereocenters. The lowest BCUT2D eigenvalue weighted by Gasteiger charge is -2.17. The lowest BCUT2D eigenvalue weighted by molar-refractivity contribution is 0.221. The highest BCUT2D eigenvalue weighted by atomic mass is 32.2. The van der Waals surface area contributed by atoms with Gasteiger partial charge in [0.25, 0.3) is 0 Å². The maximum atomic E-state index is 11.9. The van der Waals surface area contributed by atoms with Crippen molar-refractivity contribution in [1.82, 2.24) is 4.31 Å². The zero-order valence-corrected chi connectivity index (χ0v) is 10.0. The first kappa shape index (κ1) is 12.7. The van der Waals surface area contributed by atoms with Crippen molar-refractivity contribution in [2.45, 2.75) is 0 Å². The summed E-state index contributed by atoms with van der Waals surface area (Å²) in [4.78, 5) is 0. The van der Waals surface area contributed by atoms with E-state index in [0.717, 1.165) is 4.31 Å². The summed E-state index contributed by atoms with van der Waals surface area (Å²) in [6.07, 6.45) is 2.52. The minimum absolute atomic E-state index is 0.0742. The van der Waals surface area contributed by atoms with E-state index >= 15 is 0 Å². The van der Waals surface area contributed by atoms with Crippen LogP contribution in [0.15, 0.2) is 36.7 Å². The average Bonchev–Trinajstić information content (AvgIpc) is 2.83. The fraction of sp³-hybridized carbons (Fsp3) is 0.111. The molecule has 0 saturated carbocycles. The number of hydrogen-bond donors (Lipinski definition) is 3. The molecule has 1 aromatic carbocycles. The number of hydrogen-bond acceptors (Lipinski definition) is 5. The van der Waals surface area contributed by atoms with E-state index in [-0.39, 0.29) is 17.9 Å². The zero-order chi connectivity index (χ0) is 13.2. The first-order chi connectivity index (χ1) is 8.50. The normalized spacial score (nSPS) is 14.4. The van der Waals surface area contributed by atoms with Crippen LogP contribution < -0.4 is 10.2 Å². The molecule has 3 N–H and O–H groups in total. The molecule has 0 fully saturated rings. The third-order valence-electron chi connectivity index (χ3n) is 2.31. The van der Waals surface area contributed by atoms with E-state index in [1.54, 1.807) is 12.1 Å². The highest BCUT2D eigenvalue weighted by molar-refractivity contribution is 7.90. The fourth-order valence-electron chi connectivity index (χ4n) is 1.43. The van der Waals surface area contributed by atoms with Crippen LogP contribution in [0.25, 0.3) is 0 Å². The number of anilines is 1. The first-order valence-corrected chi connectivity index (χ1v) is 6.47. The third-order valence-corrected chi connectivity index (χ3v) is 3.63. The minimum atomic E-state index is -3.82. The summed E-state index contributed by atoms with van der Waals surface area (Å²) >= 11 is 0. The molecule has 0 amide bonds. The molecule has 0 radical (unpaired) electrons. The third kappa shape index (κ3) is 2.58. The Balaban J connectivity index is 2.26. The van der Waals surface area contributed by atoms with Gasteiger partial charge in [0.1, 0.15) is 6.26 Å². The summed E-state index contributed by atoms with van der Waals surface area (Å²) in [5.74, 6) is 0. The summed E-state index contributed by atoms with van der Waals surface area (Å²) in [6, 6.07) is 6.01. The smallest absolute Gasteiger partial charge is 0.478 e. The molecule has 0 atom stereocenters. The molecular formula is C9H11BN2O5S. The van der Waals surface area contributed by atoms with E-state index < -0.39 is 17.3 Å². The predicted octanol–water partition coefficient (Wildman–Crippen LogP) is -1.22. The zero-order valence-electron chi connectivity index (χ0n) is 9.22. The van der Waals surface area contributed by atoms with Gasteiger partial charge in [0.2, 0.25) is 0 Å². The average molecular weight is 270 g/mol. The summed E-state index contributed by atoms with van der Waals surface area (Å²) in [6.45, 7) is -0.112. The maximum absolute atomic E-state index is 11.9. The number of para-hydroxylation sites is 1. The van der Waals surface area contributed by atoms with Crippen molar-refractivity contribution in [1.29, 1.82) is 0 Å². The number of benzene rings is 1. The molecule has 1 aromatic rings. The molecule has 18 heavy (non-hydrogen) atoms. The molecule has 1 aliphatic heterocycles. The number of ether oxygens (including phenoxy) is 1. The lowest BCUT2D eigenvalue weighted by Crippen LogP contribution is -2.37. The number of rotatable bonds is 4. The van der Waals surface area contributed by atoms with Gasteiger partial charge < -0.3 is 14.8 Å². The van der Waals surface area contributed by atoms with Crippen molar-refractivity contribution in [2.24, 2.45) is 0 Å². The van der Waals surface area contributed by atoms with E-state index in [0.29, 0.717) is 0 Å².